The van der Waals surface area contributed by atoms with Gasteiger partial charge in [-0.1, -0.05) is 12.8 Å². The zero-order valence-corrected chi connectivity index (χ0v) is 18.5. The lowest BCUT2D eigenvalue weighted by Gasteiger charge is -2.19. The highest BCUT2D eigenvalue weighted by Crippen LogP contribution is 2.26. The molecule has 0 aliphatic carbocycles. The second kappa shape index (κ2) is 14.2. The lowest BCUT2D eigenvalue weighted by Crippen LogP contribution is -2.30. The van der Waals surface area contributed by atoms with Gasteiger partial charge in [-0.15, -0.1) is 0 Å². The molecule has 0 radical (unpaired) electrons. The maximum absolute atomic E-state index is 10.8. The molecule has 0 aliphatic heterocycles. The van der Waals surface area contributed by atoms with Crippen LogP contribution < -0.4 is 4.74 Å². The van der Waals surface area contributed by atoms with E-state index in [1.807, 2.05) is 24.3 Å². The average Bonchev–Trinajstić information content (AvgIpc) is 2.78. The van der Waals surface area contributed by atoms with Crippen LogP contribution in [-0.4, -0.2) is 59.5 Å². The third-order valence-electron chi connectivity index (χ3n) is 4.97. The van der Waals surface area contributed by atoms with E-state index in [0.29, 0.717) is 36.6 Å². The van der Waals surface area contributed by atoms with Crippen LogP contribution in [0.3, 0.4) is 0 Å². The Hall–Kier alpha value is -2.88. The molecule has 32 heavy (non-hydrogen) atoms. The molecule has 2 N–H and O–H groups in total. The monoisotopic (exact) mass is 444 g/mol. The Bertz CT molecular complexity index is 852. The number of aliphatic hydroxyl groups excluding tert-OH is 2. The van der Waals surface area contributed by atoms with Crippen molar-refractivity contribution in [2.75, 3.05) is 39.5 Å². The van der Waals surface area contributed by atoms with Gasteiger partial charge < -0.3 is 14.9 Å². The summed E-state index contributed by atoms with van der Waals surface area (Å²) < 4.78 is 5.77. The van der Waals surface area contributed by atoms with Crippen LogP contribution in [0.5, 0.6) is 5.75 Å². The molecule has 0 heterocycles. The first-order chi connectivity index (χ1) is 15.5. The van der Waals surface area contributed by atoms with Gasteiger partial charge in [0.1, 0.15) is 5.75 Å². The van der Waals surface area contributed by atoms with Crippen LogP contribution in [0.2, 0.25) is 0 Å². The normalized spacial score (nSPS) is 11.4. The SMILES string of the molecule is Cc1cc([N+](=O)[O-])ccc1N=Nc1ccc(OCCCCCCN(CCO)CCO)cc1. The van der Waals surface area contributed by atoms with E-state index in [-0.39, 0.29) is 18.9 Å². The molecule has 174 valence electrons. The van der Waals surface area contributed by atoms with Gasteiger partial charge in [0, 0.05) is 25.2 Å². The van der Waals surface area contributed by atoms with Crippen LogP contribution in [0.4, 0.5) is 17.1 Å². The van der Waals surface area contributed by atoms with Crippen molar-refractivity contribution in [3.8, 4) is 5.75 Å². The predicted octanol–water partition coefficient (Wildman–Crippen LogP) is 4.54. The number of non-ortho nitro benzene ring substituents is 1. The van der Waals surface area contributed by atoms with Crippen LogP contribution in [0, 0.1) is 17.0 Å². The van der Waals surface area contributed by atoms with Crippen molar-refractivity contribution in [3.63, 3.8) is 0 Å². The minimum atomic E-state index is -0.432. The van der Waals surface area contributed by atoms with Crippen molar-refractivity contribution in [1.82, 2.24) is 4.90 Å². The number of aliphatic hydroxyl groups is 2. The fourth-order valence-corrected chi connectivity index (χ4v) is 3.19. The first kappa shape index (κ1) is 25.4. The number of benzene rings is 2. The first-order valence-corrected chi connectivity index (χ1v) is 10.9. The second-order valence-corrected chi connectivity index (χ2v) is 7.47. The molecule has 0 aromatic heterocycles. The topological polar surface area (TPSA) is 121 Å². The molecule has 9 heteroatoms. The third-order valence-corrected chi connectivity index (χ3v) is 4.97. The highest BCUT2D eigenvalue weighted by Gasteiger charge is 2.07. The molecule has 0 unspecified atom stereocenters. The Labute approximate surface area is 188 Å². The van der Waals surface area contributed by atoms with Crippen LogP contribution in [0.15, 0.2) is 52.7 Å². The second-order valence-electron chi connectivity index (χ2n) is 7.47. The van der Waals surface area contributed by atoms with Crippen LogP contribution in [0.1, 0.15) is 31.2 Å². The van der Waals surface area contributed by atoms with Crippen molar-refractivity contribution in [3.05, 3.63) is 58.1 Å². The molecule has 2 aromatic carbocycles. The number of rotatable bonds is 15. The summed E-state index contributed by atoms with van der Waals surface area (Å²) in [6, 6.07) is 11.8. The molecular weight excluding hydrogens is 412 g/mol. The van der Waals surface area contributed by atoms with Gasteiger partial charge in [-0.25, -0.2) is 0 Å². The lowest BCUT2D eigenvalue weighted by molar-refractivity contribution is -0.384. The molecule has 2 rings (SSSR count). The molecule has 0 bridgehead atoms. The van der Waals surface area contributed by atoms with E-state index in [1.54, 1.807) is 13.0 Å². The molecule has 9 nitrogen and oxygen atoms in total. The third kappa shape index (κ3) is 9.09. The molecule has 0 saturated heterocycles. The van der Waals surface area contributed by atoms with Crippen molar-refractivity contribution in [2.45, 2.75) is 32.6 Å². The van der Waals surface area contributed by atoms with Gasteiger partial charge >= 0.3 is 0 Å². The summed E-state index contributed by atoms with van der Waals surface area (Å²) in [6.45, 7) is 4.73. The highest BCUT2D eigenvalue weighted by molar-refractivity contribution is 5.51. The summed E-state index contributed by atoms with van der Waals surface area (Å²) in [7, 11) is 0. The van der Waals surface area contributed by atoms with E-state index in [0.717, 1.165) is 38.0 Å². The van der Waals surface area contributed by atoms with Crippen LogP contribution >= 0.6 is 0 Å². The van der Waals surface area contributed by atoms with Crippen molar-refractivity contribution >= 4 is 17.1 Å². The van der Waals surface area contributed by atoms with Crippen molar-refractivity contribution in [2.24, 2.45) is 10.2 Å². The summed E-state index contributed by atoms with van der Waals surface area (Å²) >= 11 is 0. The van der Waals surface area contributed by atoms with Crippen molar-refractivity contribution < 1.29 is 19.9 Å². The van der Waals surface area contributed by atoms with Gasteiger partial charge in [0.25, 0.3) is 5.69 Å². The van der Waals surface area contributed by atoms with Crippen LogP contribution in [-0.2, 0) is 0 Å². The molecule has 0 amide bonds. The average molecular weight is 445 g/mol. The molecule has 0 fully saturated rings. The summed E-state index contributed by atoms with van der Waals surface area (Å²) in [5.74, 6) is 0.771. The van der Waals surface area contributed by atoms with E-state index in [9.17, 15) is 10.1 Å². The zero-order valence-electron chi connectivity index (χ0n) is 18.5. The maximum atomic E-state index is 10.8. The molecule has 2 aromatic rings. The number of nitrogens with zero attached hydrogens (tertiary/aromatic N) is 4. The van der Waals surface area contributed by atoms with E-state index in [4.69, 9.17) is 14.9 Å². The lowest BCUT2D eigenvalue weighted by atomic mass is 10.2. The van der Waals surface area contributed by atoms with Crippen molar-refractivity contribution in [1.29, 1.82) is 0 Å². The minimum Gasteiger partial charge on any atom is -0.494 e. The Morgan fingerprint density at radius 2 is 1.62 bits per heavy atom. The first-order valence-electron chi connectivity index (χ1n) is 10.9. The Morgan fingerprint density at radius 1 is 0.938 bits per heavy atom. The molecule has 0 spiro atoms. The Morgan fingerprint density at radius 3 is 2.25 bits per heavy atom. The van der Waals surface area contributed by atoms with Gasteiger partial charge in [0.2, 0.25) is 0 Å². The van der Waals surface area contributed by atoms with Gasteiger partial charge in [-0.3, -0.25) is 15.0 Å². The number of hydrogen-bond acceptors (Lipinski definition) is 8. The van der Waals surface area contributed by atoms with Gasteiger partial charge in [-0.2, -0.15) is 10.2 Å². The Balaban J connectivity index is 1.69. The summed E-state index contributed by atoms with van der Waals surface area (Å²) in [5.41, 5.74) is 1.99. The standard InChI is InChI=1S/C23H32N4O5/c1-19-18-21(27(30)31)8-11-23(19)25-24-20-6-9-22(10-7-20)32-17-5-3-2-4-12-26(13-15-28)14-16-29/h6-11,18,28-29H,2-5,12-17H2,1H3. The number of aryl methyl sites for hydroxylation is 1. The zero-order chi connectivity index (χ0) is 23.2. The van der Waals surface area contributed by atoms with E-state index >= 15 is 0 Å². The summed E-state index contributed by atoms with van der Waals surface area (Å²) in [6.07, 6.45) is 4.14. The number of unbranched alkanes of at least 4 members (excludes halogenated alkanes) is 3. The Kier molecular flexibility index (Phi) is 11.3. The summed E-state index contributed by atoms with van der Waals surface area (Å²) in [5, 5.41) is 37.2. The largest absolute Gasteiger partial charge is 0.494 e. The fourth-order valence-electron chi connectivity index (χ4n) is 3.19. The predicted molar refractivity (Wildman–Crippen MR) is 123 cm³/mol. The molecule has 0 aliphatic rings. The van der Waals surface area contributed by atoms with E-state index < -0.39 is 4.92 Å². The molecular formula is C23H32N4O5. The number of ether oxygens (including phenoxy) is 1. The quantitative estimate of drug-likeness (QED) is 0.180. The number of azo groups is 1. The molecule has 0 saturated carbocycles. The van der Waals surface area contributed by atoms with Gasteiger partial charge in [-0.05, 0) is 62.2 Å². The van der Waals surface area contributed by atoms with E-state index in [1.165, 1.54) is 12.1 Å². The smallest absolute Gasteiger partial charge is 0.269 e. The number of nitro groups is 1. The fraction of sp³-hybridized carbons (Fsp3) is 0.478. The minimum absolute atomic E-state index is 0.0355. The van der Waals surface area contributed by atoms with Crippen LogP contribution in [0.25, 0.3) is 0 Å². The van der Waals surface area contributed by atoms with E-state index in [2.05, 4.69) is 15.1 Å². The highest BCUT2D eigenvalue weighted by atomic mass is 16.6. The van der Waals surface area contributed by atoms with Gasteiger partial charge in [0.15, 0.2) is 0 Å². The number of nitro benzene ring substituents is 1. The maximum Gasteiger partial charge on any atom is 0.269 e. The van der Waals surface area contributed by atoms with Gasteiger partial charge in [0.05, 0.1) is 36.1 Å². The number of hydrogen-bond donors (Lipinski definition) is 2. The molecule has 0 atom stereocenters. The summed E-state index contributed by atoms with van der Waals surface area (Å²) in [4.78, 5) is 12.4.